The number of nitrogens with zero attached hydrogens (tertiary/aromatic N) is 2. The predicted molar refractivity (Wildman–Crippen MR) is 82.4 cm³/mol. The van der Waals surface area contributed by atoms with Gasteiger partial charge in [-0.05, 0) is 31.7 Å². The van der Waals surface area contributed by atoms with Gasteiger partial charge in [0.1, 0.15) is 0 Å². The Morgan fingerprint density at radius 3 is 3.10 bits per heavy atom. The van der Waals surface area contributed by atoms with Crippen LogP contribution in [0.2, 0.25) is 0 Å². The fourth-order valence-corrected chi connectivity index (χ4v) is 3.22. The molecule has 1 aliphatic heterocycles. The largest absolute Gasteiger partial charge is 0.355 e. The van der Waals surface area contributed by atoms with Crippen LogP contribution < -0.4 is 5.32 Å². The van der Waals surface area contributed by atoms with Crippen molar-refractivity contribution in [3.05, 3.63) is 29.3 Å². The molecule has 0 radical (unpaired) electrons. The maximum Gasteiger partial charge on any atom is 0.273 e. The number of thiophene rings is 1. The van der Waals surface area contributed by atoms with Crippen molar-refractivity contribution in [2.75, 3.05) is 13.1 Å². The first kappa shape index (κ1) is 14.3. The van der Waals surface area contributed by atoms with Gasteiger partial charge >= 0.3 is 0 Å². The van der Waals surface area contributed by atoms with Crippen LogP contribution in [-0.4, -0.2) is 41.1 Å². The van der Waals surface area contributed by atoms with E-state index >= 15 is 0 Å². The molecule has 6 heteroatoms. The molecule has 0 saturated carbocycles. The van der Waals surface area contributed by atoms with Gasteiger partial charge in [0.2, 0.25) is 0 Å². The van der Waals surface area contributed by atoms with E-state index in [0.717, 1.165) is 24.4 Å². The zero-order valence-electron chi connectivity index (χ0n) is 12.2. The van der Waals surface area contributed by atoms with E-state index < -0.39 is 0 Å². The molecule has 1 amide bonds. The van der Waals surface area contributed by atoms with E-state index in [1.54, 1.807) is 17.4 Å². The lowest BCUT2D eigenvalue weighted by Gasteiger charge is -2.20. The van der Waals surface area contributed by atoms with Crippen molar-refractivity contribution in [3.63, 3.8) is 0 Å². The first-order valence-corrected chi connectivity index (χ1v) is 8.07. The molecule has 1 aliphatic rings. The molecule has 3 heterocycles. The Balaban J connectivity index is 1.61. The van der Waals surface area contributed by atoms with Crippen LogP contribution in [0.4, 0.5) is 0 Å². The highest BCUT2D eigenvalue weighted by molar-refractivity contribution is 7.13. The van der Waals surface area contributed by atoms with Gasteiger partial charge in [0, 0.05) is 31.2 Å². The van der Waals surface area contributed by atoms with Crippen LogP contribution in [0.1, 0.15) is 30.8 Å². The Morgan fingerprint density at radius 2 is 2.43 bits per heavy atom. The van der Waals surface area contributed by atoms with E-state index in [1.165, 1.54) is 0 Å². The van der Waals surface area contributed by atoms with Gasteiger partial charge in [-0.25, -0.2) is 0 Å². The number of amides is 1. The standard InChI is InChI=1S/C15H19N3O2S/c1-10(2)18-6-5-11(9-18)16-15(19)12-8-13(20-17-12)14-4-3-7-21-14/h3-4,7-8,10-11H,5-6,9H2,1-2H3,(H,16,19). The van der Waals surface area contributed by atoms with Gasteiger partial charge in [-0.3, -0.25) is 9.69 Å². The molecule has 2 aromatic heterocycles. The number of likely N-dealkylation sites (tertiary alicyclic amines) is 1. The minimum Gasteiger partial charge on any atom is -0.355 e. The van der Waals surface area contributed by atoms with Crippen molar-refractivity contribution in [3.8, 4) is 10.6 Å². The second-order valence-electron chi connectivity index (χ2n) is 5.60. The fraction of sp³-hybridized carbons (Fsp3) is 0.467. The topological polar surface area (TPSA) is 58.4 Å². The van der Waals surface area contributed by atoms with Crippen molar-refractivity contribution < 1.29 is 9.32 Å². The van der Waals surface area contributed by atoms with Crippen LogP contribution in [0.3, 0.4) is 0 Å². The first-order chi connectivity index (χ1) is 10.1. The second-order valence-corrected chi connectivity index (χ2v) is 6.55. The average molecular weight is 305 g/mol. The number of aromatic nitrogens is 1. The highest BCUT2D eigenvalue weighted by Crippen LogP contribution is 2.25. The van der Waals surface area contributed by atoms with Crippen molar-refractivity contribution in [1.29, 1.82) is 0 Å². The third kappa shape index (κ3) is 3.16. The summed E-state index contributed by atoms with van der Waals surface area (Å²) >= 11 is 1.57. The summed E-state index contributed by atoms with van der Waals surface area (Å²) in [6.45, 7) is 6.28. The molecule has 3 rings (SSSR count). The maximum atomic E-state index is 12.2. The van der Waals surface area contributed by atoms with Crippen LogP contribution in [0.25, 0.3) is 10.6 Å². The number of hydrogen-bond acceptors (Lipinski definition) is 5. The molecule has 1 fully saturated rings. The Hall–Kier alpha value is -1.66. The van der Waals surface area contributed by atoms with Gasteiger partial charge in [-0.2, -0.15) is 0 Å². The number of rotatable bonds is 4. The van der Waals surface area contributed by atoms with Crippen LogP contribution in [0.5, 0.6) is 0 Å². The first-order valence-electron chi connectivity index (χ1n) is 7.19. The lowest BCUT2D eigenvalue weighted by molar-refractivity contribution is 0.0927. The lowest BCUT2D eigenvalue weighted by Crippen LogP contribution is -2.38. The molecule has 0 bridgehead atoms. The summed E-state index contributed by atoms with van der Waals surface area (Å²) in [7, 11) is 0. The Labute approximate surface area is 127 Å². The lowest BCUT2D eigenvalue weighted by atomic mass is 10.2. The average Bonchev–Trinajstić information content (AvgIpc) is 3.19. The molecule has 21 heavy (non-hydrogen) atoms. The van der Waals surface area contributed by atoms with Gasteiger partial charge < -0.3 is 9.84 Å². The van der Waals surface area contributed by atoms with Crippen molar-refractivity contribution >= 4 is 17.2 Å². The Kier molecular flexibility index (Phi) is 4.07. The van der Waals surface area contributed by atoms with Crippen LogP contribution in [-0.2, 0) is 0 Å². The minimum absolute atomic E-state index is 0.155. The molecule has 112 valence electrons. The molecule has 1 atom stereocenters. The van der Waals surface area contributed by atoms with Crippen molar-refractivity contribution in [2.24, 2.45) is 0 Å². The van der Waals surface area contributed by atoms with Crippen LogP contribution in [0, 0.1) is 0 Å². The smallest absolute Gasteiger partial charge is 0.273 e. The SMILES string of the molecule is CC(C)N1CCC(NC(=O)c2cc(-c3cccs3)on2)C1. The van der Waals surface area contributed by atoms with Crippen molar-refractivity contribution in [2.45, 2.75) is 32.4 Å². The summed E-state index contributed by atoms with van der Waals surface area (Å²) < 4.78 is 5.24. The zero-order chi connectivity index (χ0) is 14.8. The third-order valence-electron chi connectivity index (χ3n) is 3.79. The molecular formula is C15H19N3O2S. The molecule has 1 N–H and O–H groups in total. The molecule has 0 aromatic carbocycles. The fourth-order valence-electron chi connectivity index (χ4n) is 2.55. The van der Waals surface area contributed by atoms with E-state index in [0.29, 0.717) is 17.5 Å². The van der Waals surface area contributed by atoms with E-state index in [9.17, 15) is 4.79 Å². The maximum absolute atomic E-state index is 12.2. The van der Waals surface area contributed by atoms with E-state index in [4.69, 9.17) is 4.52 Å². The normalized spacial score (nSPS) is 19.3. The van der Waals surface area contributed by atoms with Gasteiger partial charge in [0.05, 0.1) is 4.88 Å². The van der Waals surface area contributed by atoms with E-state index in [1.807, 2.05) is 17.5 Å². The van der Waals surface area contributed by atoms with Crippen LogP contribution >= 0.6 is 11.3 Å². The summed E-state index contributed by atoms with van der Waals surface area (Å²) in [6.07, 6.45) is 0.986. The van der Waals surface area contributed by atoms with Crippen molar-refractivity contribution in [1.82, 2.24) is 15.4 Å². The minimum atomic E-state index is -0.155. The highest BCUT2D eigenvalue weighted by atomic mass is 32.1. The van der Waals surface area contributed by atoms with E-state index in [2.05, 4.69) is 29.2 Å². The summed E-state index contributed by atoms with van der Waals surface area (Å²) in [5.41, 5.74) is 0.349. The number of nitrogens with one attached hydrogen (secondary N) is 1. The molecular weight excluding hydrogens is 286 g/mol. The highest BCUT2D eigenvalue weighted by Gasteiger charge is 2.26. The van der Waals surface area contributed by atoms with Gasteiger partial charge in [-0.1, -0.05) is 11.2 Å². The quantitative estimate of drug-likeness (QED) is 0.943. The van der Waals surface area contributed by atoms with Crippen LogP contribution in [0.15, 0.2) is 28.1 Å². The summed E-state index contributed by atoms with van der Waals surface area (Å²) in [6, 6.07) is 6.31. The van der Waals surface area contributed by atoms with Gasteiger partial charge in [-0.15, -0.1) is 11.3 Å². The molecule has 0 spiro atoms. The second kappa shape index (κ2) is 5.99. The Morgan fingerprint density at radius 1 is 1.57 bits per heavy atom. The van der Waals surface area contributed by atoms with Gasteiger partial charge in [0.15, 0.2) is 11.5 Å². The Bertz CT molecular complexity index is 606. The predicted octanol–water partition coefficient (Wildman–Crippen LogP) is 2.62. The number of hydrogen-bond donors (Lipinski definition) is 1. The molecule has 0 aliphatic carbocycles. The number of carbonyl (C=O) groups excluding carboxylic acids is 1. The van der Waals surface area contributed by atoms with E-state index in [-0.39, 0.29) is 11.9 Å². The zero-order valence-corrected chi connectivity index (χ0v) is 13.0. The van der Waals surface area contributed by atoms with Gasteiger partial charge in [0.25, 0.3) is 5.91 Å². The molecule has 1 unspecified atom stereocenters. The summed E-state index contributed by atoms with van der Waals surface area (Å²) in [4.78, 5) is 15.6. The molecule has 5 nitrogen and oxygen atoms in total. The third-order valence-corrected chi connectivity index (χ3v) is 4.68. The molecule has 1 saturated heterocycles. The number of carbonyl (C=O) groups is 1. The summed E-state index contributed by atoms with van der Waals surface area (Å²) in [5, 5.41) is 8.88. The summed E-state index contributed by atoms with van der Waals surface area (Å²) in [5.74, 6) is 0.488. The molecule has 2 aromatic rings. The monoisotopic (exact) mass is 305 g/mol.